The van der Waals surface area contributed by atoms with Crippen LogP contribution in [0.4, 0.5) is 0 Å². The van der Waals surface area contributed by atoms with Crippen LogP contribution < -0.4 is 0 Å². The van der Waals surface area contributed by atoms with Crippen LogP contribution in [0.1, 0.15) is 23.9 Å². The van der Waals surface area contributed by atoms with E-state index in [0.29, 0.717) is 11.4 Å². The standard InChI is InChI=1S/C16H17NO5S/c1-12-6-8-16(9-7-12)23(19,20)22-11-15-5-3-4-14(17-15)10-21-13(2)18/h3-9H,10-11H2,1-2H3. The predicted octanol–water partition coefficient (Wildman–Crippen LogP) is 2.36. The summed E-state index contributed by atoms with van der Waals surface area (Å²) >= 11 is 0. The van der Waals surface area contributed by atoms with E-state index in [0.717, 1.165) is 5.56 Å². The second-order valence-electron chi connectivity index (χ2n) is 4.93. The van der Waals surface area contributed by atoms with Crippen LogP contribution in [0.25, 0.3) is 0 Å². The van der Waals surface area contributed by atoms with Gasteiger partial charge in [0.15, 0.2) is 0 Å². The van der Waals surface area contributed by atoms with Gasteiger partial charge >= 0.3 is 5.97 Å². The molecule has 1 aromatic carbocycles. The molecule has 0 unspecified atom stereocenters. The Morgan fingerprint density at radius 3 is 2.26 bits per heavy atom. The van der Waals surface area contributed by atoms with Crippen molar-refractivity contribution < 1.29 is 22.1 Å². The van der Waals surface area contributed by atoms with E-state index >= 15 is 0 Å². The number of aromatic nitrogens is 1. The summed E-state index contributed by atoms with van der Waals surface area (Å²) in [4.78, 5) is 15.1. The fourth-order valence-corrected chi connectivity index (χ4v) is 2.66. The molecule has 7 heteroatoms. The van der Waals surface area contributed by atoms with Crippen LogP contribution in [0.5, 0.6) is 0 Å². The minimum Gasteiger partial charge on any atom is -0.459 e. The van der Waals surface area contributed by atoms with Crippen molar-refractivity contribution in [2.24, 2.45) is 0 Å². The quantitative estimate of drug-likeness (QED) is 0.595. The number of rotatable bonds is 6. The number of aryl methyl sites for hydroxylation is 1. The fraction of sp³-hybridized carbons (Fsp3) is 0.250. The van der Waals surface area contributed by atoms with Crippen LogP contribution in [-0.2, 0) is 37.0 Å². The third-order valence-electron chi connectivity index (χ3n) is 2.96. The third-order valence-corrected chi connectivity index (χ3v) is 4.24. The Bertz CT molecular complexity index is 784. The van der Waals surface area contributed by atoms with Crippen LogP contribution in [0, 0.1) is 6.92 Å². The van der Waals surface area contributed by atoms with E-state index in [2.05, 4.69) is 4.98 Å². The SMILES string of the molecule is CC(=O)OCc1cccc(COS(=O)(=O)c2ccc(C)cc2)n1. The Balaban J connectivity index is 2.03. The molecule has 6 nitrogen and oxygen atoms in total. The molecule has 0 bridgehead atoms. The van der Waals surface area contributed by atoms with Gasteiger partial charge in [-0.05, 0) is 31.2 Å². The summed E-state index contributed by atoms with van der Waals surface area (Å²) in [6.45, 7) is 3.02. The van der Waals surface area contributed by atoms with E-state index in [1.54, 1.807) is 30.3 Å². The maximum atomic E-state index is 12.1. The predicted molar refractivity (Wildman–Crippen MR) is 82.9 cm³/mol. The second-order valence-corrected chi connectivity index (χ2v) is 6.55. The lowest BCUT2D eigenvalue weighted by Gasteiger charge is -2.07. The van der Waals surface area contributed by atoms with Gasteiger partial charge in [0.1, 0.15) is 13.2 Å². The van der Waals surface area contributed by atoms with E-state index in [4.69, 9.17) is 8.92 Å². The maximum absolute atomic E-state index is 12.1. The average Bonchev–Trinajstić information content (AvgIpc) is 2.52. The van der Waals surface area contributed by atoms with Crippen molar-refractivity contribution in [2.75, 3.05) is 0 Å². The molecular formula is C16H17NO5S. The van der Waals surface area contributed by atoms with Crippen LogP contribution in [0.15, 0.2) is 47.4 Å². The molecule has 122 valence electrons. The topological polar surface area (TPSA) is 82.6 Å². The number of esters is 1. The first-order valence-electron chi connectivity index (χ1n) is 6.91. The first-order valence-corrected chi connectivity index (χ1v) is 8.32. The number of benzene rings is 1. The van der Waals surface area contributed by atoms with Crippen molar-refractivity contribution in [1.82, 2.24) is 4.98 Å². The first kappa shape index (κ1) is 17.1. The Morgan fingerprint density at radius 2 is 1.65 bits per heavy atom. The molecule has 1 heterocycles. The highest BCUT2D eigenvalue weighted by atomic mass is 32.2. The molecule has 2 aromatic rings. The molecule has 0 atom stereocenters. The van der Waals surface area contributed by atoms with Crippen molar-refractivity contribution in [1.29, 1.82) is 0 Å². The van der Waals surface area contributed by atoms with E-state index in [1.807, 2.05) is 6.92 Å². The summed E-state index contributed by atoms with van der Waals surface area (Å²) < 4.78 is 34.1. The van der Waals surface area contributed by atoms with Crippen molar-refractivity contribution in [3.63, 3.8) is 0 Å². The van der Waals surface area contributed by atoms with Gasteiger partial charge in [-0.25, -0.2) is 0 Å². The normalized spacial score (nSPS) is 11.2. The molecule has 0 spiro atoms. The highest BCUT2D eigenvalue weighted by Crippen LogP contribution is 2.15. The zero-order valence-electron chi connectivity index (χ0n) is 12.9. The number of ether oxygens (including phenoxy) is 1. The second kappa shape index (κ2) is 7.34. The smallest absolute Gasteiger partial charge is 0.303 e. The van der Waals surface area contributed by atoms with Crippen molar-refractivity contribution >= 4 is 16.1 Å². The minimum absolute atomic E-state index is 0.0356. The fourth-order valence-electron chi connectivity index (χ4n) is 1.78. The molecular weight excluding hydrogens is 318 g/mol. The summed E-state index contributed by atoms with van der Waals surface area (Å²) in [5.41, 5.74) is 1.92. The zero-order valence-corrected chi connectivity index (χ0v) is 13.7. The van der Waals surface area contributed by atoms with Gasteiger partial charge in [-0.15, -0.1) is 0 Å². The van der Waals surface area contributed by atoms with Crippen LogP contribution in [0.2, 0.25) is 0 Å². The maximum Gasteiger partial charge on any atom is 0.303 e. The lowest BCUT2D eigenvalue weighted by atomic mass is 10.2. The molecule has 23 heavy (non-hydrogen) atoms. The van der Waals surface area contributed by atoms with Gasteiger partial charge < -0.3 is 4.74 Å². The summed E-state index contributed by atoms with van der Waals surface area (Å²) in [5, 5.41) is 0. The zero-order chi connectivity index (χ0) is 16.9. The number of carbonyl (C=O) groups excluding carboxylic acids is 1. The Labute approximate surface area is 135 Å². The molecule has 2 rings (SSSR count). The van der Waals surface area contributed by atoms with Gasteiger partial charge in [-0.1, -0.05) is 23.8 Å². The molecule has 0 saturated heterocycles. The summed E-state index contributed by atoms with van der Waals surface area (Å²) in [7, 11) is -3.84. The minimum atomic E-state index is -3.84. The number of carbonyl (C=O) groups is 1. The summed E-state index contributed by atoms with van der Waals surface area (Å²) in [6.07, 6.45) is 0. The number of hydrogen-bond donors (Lipinski definition) is 0. The third kappa shape index (κ3) is 5.15. The Morgan fingerprint density at radius 1 is 1.04 bits per heavy atom. The van der Waals surface area contributed by atoms with Gasteiger partial charge in [0, 0.05) is 6.92 Å². The van der Waals surface area contributed by atoms with Gasteiger partial charge in [0.05, 0.1) is 16.3 Å². The summed E-state index contributed by atoms with van der Waals surface area (Å²) in [5.74, 6) is -0.407. The monoisotopic (exact) mass is 335 g/mol. The van der Waals surface area contributed by atoms with Crippen LogP contribution in [0.3, 0.4) is 0 Å². The highest BCUT2D eigenvalue weighted by Gasteiger charge is 2.15. The molecule has 1 aromatic heterocycles. The van der Waals surface area contributed by atoms with Gasteiger partial charge in [-0.2, -0.15) is 8.42 Å². The van der Waals surface area contributed by atoms with Gasteiger partial charge in [0.2, 0.25) is 0 Å². The molecule has 0 saturated carbocycles. The van der Waals surface area contributed by atoms with Gasteiger partial charge in [-0.3, -0.25) is 14.0 Å². The highest BCUT2D eigenvalue weighted by molar-refractivity contribution is 7.86. The molecule has 0 aliphatic carbocycles. The first-order chi connectivity index (χ1) is 10.9. The number of nitrogens with zero attached hydrogens (tertiary/aromatic N) is 1. The molecule has 0 fully saturated rings. The van der Waals surface area contributed by atoms with Gasteiger partial charge in [0.25, 0.3) is 10.1 Å². The van der Waals surface area contributed by atoms with Crippen molar-refractivity contribution in [3.8, 4) is 0 Å². The Kier molecular flexibility index (Phi) is 5.46. The lowest BCUT2D eigenvalue weighted by Crippen LogP contribution is -2.08. The van der Waals surface area contributed by atoms with Crippen LogP contribution >= 0.6 is 0 Å². The van der Waals surface area contributed by atoms with E-state index in [9.17, 15) is 13.2 Å². The number of hydrogen-bond acceptors (Lipinski definition) is 6. The van der Waals surface area contributed by atoms with E-state index < -0.39 is 16.1 Å². The molecule has 0 amide bonds. The van der Waals surface area contributed by atoms with Crippen molar-refractivity contribution in [2.45, 2.75) is 32.0 Å². The van der Waals surface area contributed by atoms with Crippen LogP contribution in [-0.4, -0.2) is 19.4 Å². The molecule has 0 aliphatic rings. The average molecular weight is 335 g/mol. The summed E-state index contributed by atoms with van der Waals surface area (Å²) in [6, 6.07) is 11.4. The number of pyridine rings is 1. The Hall–Kier alpha value is -2.25. The lowest BCUT2D eigenvalue weighted by molar-refractivity contribution is -0.142. The molecule has 0 radical (unpaired) electrons. The van der Waals surface area contributed by atoms with E-state index in [1.165, 1.54) is 19.1 Å². The molecule has 0 aliphatic heterocycles. The molecule has 0 N–H and O–H groups in total. The van der Waals surface area contributed by atoms with Crippen molar-refractivity contribution in [3.05, 3.63) is 59.4 Å². The largest absolute Gasteiger partial charge is 0.459 e. The van der Waals surface area contributed by atoms with E-state index in [-0.39, 0.29) is 18.1 Å².